The molecule has 1 N–H and O–H groups in total. The molecule has 2 atom stereocenters. The smallest absolute Gasteiger partial charge is 0.313 e. The number of rotatable bonds is 6. The second kappa shape index (κ2) is 7.90. The Kier molecular flexibility index (Phi) is 5.54. The van der Waals surface area contributed by atoms with Crippen LogP contribution in [0.2, 0.25) is 0 Å². The highest BCUT2D eigenvalue weighted by molar-refractivity contribution is 6.01. The Bertz CT molecular complexity index is 956. The van der Waals surface area contributed by atoms with Crippen molar-refractivity contribution in [3.05, 3.63) is 47.0 Å². The monoisotopic (exact) mass is 401 g/mol. The van der Waals surface area contributed by atoms with Crippen molar-refractivity contribution in [2.24, 2.45) is 0 Å². The van der Waals surface area contributed by atoms with Crippen LogP contribution >= 0.6 is 0 Å². The average Bonchev–Trinajstić information content (AvgIpc) is 2.74. The maximum Gasteiger partial charge on any atom is 0.313 e. The van der Waals surface area contributed by atoms with Crippen LogP contribution in [0.3, 0.4) is 0 Å². The lowest BCUT2D eigenvalue weighted by Crippen LogP contribution is -2.42. The van der Waals surface area contributed by atoms with Gasteiger partial charge in [0.2, 0.25) is 0 Å². The molecule has 3 rings (SSSR count). The number of ether oxygens (including phenoxy) is 4. The zero-order chi connectivity index (χ0) is 21.3. The van der Waals surface area contributed by atoms with E-state index in [0.717, 1.165) is 0 Å². The third-order valence-corrected chi connectivity index (χ3v) is 5.19. The number of amides is 1. The van der Waals surface area contributed by atoms with Gasteiger partial charge < -0.3 is 29.0 Å². The molecule has 0 aliphatic carbocycles. The van der Waals surface area contributed by atoms with Gasteiger partial charge in [-0.25, -0.2) is 0 Å². The Balaban J connectivity index is 2.22. The maximum absolute atomic E-state index is 13.1. The van der Waals surface area contributed by atoms with E-state index in [2.05, 4.69) is 0 Å². The fraction of sp³-hybridized carbons (Fsp3) is 0.333. The van der Waals surface area contributed by atoms with Crippen LogP contribution in [-0.4, -0.2) is 57.4 Å². The topological polar surface area (TPSA) is 94.5 Å². The number of methoxy groups -OCH3 is 4. The second-order valence-corrected chi connectivity index (χ2v) is 6.59. The fourth-order valence-corrected chi connectivity index (χ4v) is 3.77. The molecule has 0 saturated heterocycles. The van der Waals surface area contributed by atoms with Gasteiger partial charge in [0.1, 0.15) is 5.92 Å². The molecule has 0 spiro atoms. The summed E-state index contributed by atoms with van der Waals surface area (Å²) in [5.41, 5.74) is 1.26. The predicted octanol–water partition coefficient (Wildman–Crippen LogP) is 2.72. The molecule has 8 heteroatoms. The number of aliphatic carboxylic acids is 1. The zero-order valence-electron chi connectivity index (χ0n) is 16.9. The van der Waals surface area contributed by atoms with Crippen LogP contribution < -0.4 is 18.9 Å². The van der Waals surface area contributed by atoms with E-state index in [0.29, 0.717) is 34.1 Å². The summed E-state index contributed by atoms with van der Waals surface area (Å²) in [4.78, 5) is 26.8. The van der Waals surface area contributed by atoms with Gasteiger partial charge in [0.05, 0.1) is 34.5 Å². The molecule has 29 heavy (non-hydrogen) atoms. The Morgan fingerprint density at radius 2 is 1.45 bits per heavy atom. The standard InChI is InChI=1S/C21H23NO7/c1-22-19(11-6-7-14(26-2)15(8-11)27-3)18(21(24)25)12-9-16(28-4)17(29-5)10-13(12)20(22)23/h6-10,18-19H,1-5H3,(H,24,25)/t18-,19-/m1/s1. The number of hydrogen-bond donors (Lipinski definition) is 1. The maximum atomic E-state index is 13.1. The highest BCUT2D eigenvalue weighted by Crippen LogP contribution is 2.46. The van der Waals surface area contributed by atoms with Crippen LogP contribution in [0, 0.1) is 0 Å². The van der Waals surface area contributed by atoms with Crippen molar-refractivity contribution in [3.63, 3.8) is 0 Å². The number of carbonyl (C=O) groups is 2. The van der Waals surface area contributed by atoms with E-state index in [-0.39, 0.29) is 11.5 Å². The van der Waals surface area contributed by atoms with Crippen LogP contribution in [-0.2, 0) is 4.79 Å². The van der Waals surface area contributed by atoms with Gasteiger partial charge in [0, 0.05) is 12.6 Å². The van der Waals surface area contributed by atoms with Crippen LogP contribution in [0.25, 0.3) is 0 Å². The highest BCUT2D eigenvalue weighted by Gasteiger charge is 2.44. The summed E-state index contributed by atoms with van der Waals surface area (Å²) in [5.74, 6) is -0.683. The quantitative estimate of drug-likeness (QED) is 0.795. The van der Waals surface area contributed by atoms with Crippen LogP contribution in [0.5, 0.6) is 23.0 Å². The molecule has 0 aromatic heterocycles. The third kappa shape index (κ3) is 3.30. The van der Waals surface area contributed by atoms with Gasteiger partial charge in [0.25, 0.3) is 5.91 Å². The summed E-state index contributed by atoms with van der Waals surface area (Å²) >= 11 is 0. The molecular weight excluding hydrogens is 378 g/mol. The van der Waals surface area contributed by atoms with Gasteiger partial charge in [-0.2, -0.15) is 0 Å². The number of likely N-dealkylation sites (N-methyl/N-ethyl adjacent to an activating group) is 1. The van der Waals surface area contributed by atoms with Crippen molar-refractivity contribution in [1.29, 1.82) is 0 Å². The predicted molar refractivity (Wildman–Crippen MR) is 104 cm³/mol. The van der Waals surface area contributed by atoms with Crippen molar-refractivity contribution >= 4 is 11.9 Å². The van der Waals surface area contributed by atoms with Crippen LogP contribution in [0.15, 0.2) is 30.3 Å². The van der Waals surface area contributed by atoms with E-state index in [1.54, 1.807) is 31.3 Å². The molecule has 0 fully saturated rings. The lowest BCUT2D eigenvalue weighted by atomic mass is 9.79. The minimum absolute atomic E-state index is 0.272. The van der Waals surface area contributed by atoms with E-state index in [4.69, 9.17) is 18.9 Å². The number of fused-ring (bicyclic) bond motifs is 1. The Morgan fingerprint density at radius 3 is 2.00 bits per heavy atom. The van der Waals surface area contributed by atoms with Gasteiger partial charge >= 0.3 is 5.97 Å². The molecule has 154 valence electrons. The van der Waals surface area contributed by atoms with Crippen molar-refractivity contribution in [1.82, 2.24) is 4.90 Å². The summed E-state index contributed by atoms with van der Waals surface area (Å²) in [7, 11) is 7.52. The summed E-state index contributed by atoms with van der Waals surface area (Å²) < 4.78 is 21.2. The minimum atomic E-state index is -1.06. The lowest BCUT2D eigenvalue weighted by Gasteiger charge is -2.39. The molecule has 0 bridgehead atoms. The number of nitrogens with zero attached hydrogens (tertiary/aromatic N) is 1. The molecule has 1 heterocycles. The van der Waals surface area contributed by atoms with E-state index >= 15 is 0 Å². The largest absolute Gasteiger partial charge is 0.493 e. The Labute approximate surface area is 168 Å². The first kappa shape index (κ1) is 20.3. The summed E-state index contributed by atoms with van der Waals surface area (Å²) in [6.45, 7) is 0. The molecule has 0 radical (unpaired) electrons. The molecule has 0 unspecified atom stereocenters. The van der Waals surface area contributed by atoms with Gasteiger partial charge in [-0.3, -0.25) is 9.59 Å². The van der Waals surface area contributed by atoms with Gasteiger partial charge in [-0.05, 0) is 35.4 Å². The SMILES string of the molecule is COc1ccc([C@@H]2[C@H](C(=O)O)c3cc(OC)c(OC)cc3C(=O)N2C)cc1OC. The Hall–Kier alpha value is -3.42. The van der Waals surface area contributed by atoms with Gasteiger partial charge in [0.15, 0.2) is 23.0 Å². The molecule has 1 aliphatic heterocycles. The van der Waals surface area contributed by atoms with E-state index in [1.165, 1.54) is 39.4 Å². The van der Waals surface area contributed by atoms with Crippen LogP contribution in [0.4, 0.5) is 0 Å². The molecule has 1 amide bonds. The van der Waals surface area contributed by atoms with Gasteiger partial charge in [-0.1, -0.05) is 6.07 Å². The highest BCUT2D eigenvalue weighted by atomic mass is 16.5. The van der Waals surface area contributed by atoms with Crippen molar-refractivity contribution in [2.75, 3.05) is 35.5 Å². The molecule has 8 nitrogen and oxygen atoms in total. The first-order chi connectivity index (χ1) is 13.9. The first-order valence-electron chi connectivity index (χ1n) is 8.85. The Morgan fingerprint density at radius 1 is 0.897 bits per heavy atom. The molecule has 1 aliphatic rings. The normalized spacial score (nSPS) is 18.1. The number of hydrogen-bond acceptors (Lipinski definition) is 6. The zero-order valence-corrected chi connectivity index (χ0v) is 16.9. The number of benzene rings is 2. The van der Waals surface area contributed by atoms with Crippen molar-refractivity contribution in [3.8, 4) is 23.0 Å². The fourth-order valence-electron chi connectivity index (χ4n) is 3.77. The first-order valence-corrected chi connectivity index (χ1v) is 8.85. The second-order valence-electron chi connectivity index (χ2n) is 6.59. The minimum Gasteiger partial charge on any atom is -0.493 e. The number of carboxylic acid groups (broad SMARTS) is 1. The number of carbonyl (C=O) groups excluding carboxylic acids is 1. The number of carboxylic acids is 1. The van der Waals surface area contributed by atoms with Crippen molar-refractivity contribution < 1.29 is 33.6 Å². The molecular formula is C21H23NO7. The van der Waals surface area contributed by atoms with E-state index in [1.807, 2.05) is 0 Å². The molecule has 0 saturated carbocycles. The summed E-state index contributed by atoms with van der Waals surface area (Å²) in [6.07, 6.45) is 0. The third-order valence-electron chi connectivity index (χ3n) is 5.19. The average molecular weight is 401 g/mol. The van der Waals surface area contributed by atoms with E-state index < -0.39 is 17.9 Å². The van der Waals surface area contributed by atoms with E-state index in [9.17, 15) is 14.7 Å². The lowest BCUT2D eigenvalue weighted by molar-refractivity contribution is -0.140. The van der Waals surface area contributed by atoms with Crippen molar-refractivity contribution in [2.45, 2.75) is 12.0 Å². The molecule has 2 aromatic carbocycles. The van der Waals surface area contributed by atoms with Crippen LogP contribution in [0.1, 0.15) is 33.4 Å². The summed E-state index contributed by atoms with van der Waals surface area (Å²) in [5, 5.41) is 10.1. The summed E-state index contributed by atoms with van der Waals surface area (Å²) in [6, 6.07) is 7.45. The molecule has 2 aromatic rings. The van der Waals surface area contributed by atoms with Gasteiger partial charge in [-0.15, -0.1) is 0 Å².